The number of nitrogens with zero attached hydrogens (tertiary/aromatic N) is 1. The van der Waals surface area contributed by atoms with E-state index < -0.39 is 12.0 Å². The lowest BCUT2D eigenvalue weighted by Gasteiger charge is -2.28. The molecule has 0 spiro atoms. The van der Waals surface area contributed by atoms with Crippen molar-refractivity contribution < 1.29 is 19.5 Å². The van der Waals surface area contributed by atoms with Gasteiger partial charge in [-0.05, 0) is 12.8 Å². The molecule has 0 aromatic rings. The fourth-order valence-electron chi connectivity index (χ4n) is 2.63. The highest BCUT2D eigenvalue weighted by Gasteiger charge is 2.41. The average Bonchev–Trinajstić information content (AvgIpc) is 3.03. The van der Waals surface area contributed by atoms with E-state index in [1.807, 2.05) is 6.92 Å². The van der Waals surface area contributed by atoms with Gasteiger partial charge in [0.2, 0.25) is 5.91 Å². The van der Waals surface area contributed by atoms with E-state index in [1.165, 1.54) is 16.7 Å². The van der Waals surface area contributed by atoms with Crippen molar-refractivity contribution in [3.8, 4) is 0 Å². The molecule has 3 amide bonds. The molecule has 2 heterocycles. The van der Waals surface area contributed by atoms with Crippen LogP contribution in [0.15, 0.2) is 0 Å². The van der Waals surface area contributed by atoms with E-state index in [9.17, 15) is 19.5 Å². The third kappa shape index (κ3) is 3.81. The molecule has 7 nitrogen and oxygen atoms in total. The number of hydrogen-bond donors (Lipinski definition) is 3. The molecule has 8 heteroatoms. The predicted octanol–water partition coefficient (Wildman–Crippen LogP) is 0.603. The Hall–Kier alpha value is -1.44. The Kier molecular flexibility index (Phi) is 5.33. The number of urea groups is 1. The molecule has 2 fully saturated rings. The Labute approximate surface area is 127 Å². The van der Waals surface area contributed by atoms with Crippen LogP contribution in [0.2, 0.25) is 0 Å². The normalized spacial score (nSPS) is 28.5. The van der Waals surface area contributed by atoms with E-state index in [4.69, 9.17) is 0 Å². The van der Waals surface area contributed by atoms with Crippen LogP contribution in [-0.2, 0) is 9.59 Å². The third-order valence-electron chi connectivity index (χ3n) is 3.73. The van der Waals surface area contributed by atoms with Crippen LogP contribution in [-0.4, -0.2) is 57.7 Å². The molecule has 0 radical (unpaired) electrons. The number of hydrogen-bond acceptors (Lipinski definition) is 4. The summed E-state index contributed by atoms with van der Waals surface area (Å²) in [6, 6.07) is -1.18. The zero-order valence-corrected chi connectivity index (χ0v) is 12.8. The Morgan fingerprint density at radius 2 is 2.29 bits per heavy atom. The molecule has 3 N–H and O–H groups in total. The number of aliphatic carboxylic acids is 1. The molecule has 118 valence electrons. The van der Waals surface area contributed by atoms with Gasteiger partial charge in [0.15, 0.2) is 0 Å². The second-order valence-corrected chi connectivity index (χ2v) is 6.54. The third-order valence-corrected chi connectivity index (χ3v) is 5.09. The molecule has 0 aliphatic carbocycles. The first-order valence-electron chi connectivity index (χ1n) is 7.22. The molecule has 2 saturated heterocycles. The van der Waals surface area contributed by atoms with Gasteiger partial charge in [-0.25, -0.2) is 9.59 Å². The van der Waals surface area contributed by atoms with Gasteiger partial charge in [-0.15, -0.1) is 11.8 Å². The van der Waals surface area contributed by atoms with Crippen LogP contribution in [0.3, 0.4) is 0 Å². The quantitative estimate of drug-likeness (QED) is 0.690. The maximum Gasteiger partial charge on any atom is 0.327 e. The summed E-state index contributed by atoms with van der Waals surface area (Å²) in [6.07, 6.45) is 2.86. The van der Waals surface area contributed by atoms with Gasteiger partial charge in [0, 0.05) is 24.8 Å². The molecular formula is C13H21N3O4S. The summed E-state index contributed by atoms with van der Waals surface area (Å²) >= 11 is 1.51. The van der Waals surface area contributed by atoms with Gasteiger partial charge in [-0.2, -0.15) is 0 Å². The van der Waals surface area contributed by atoms with E-state index in [0.717, 1.165) is 12.8 Å². The summed E-state index contributed by atoms with van der Waals surface area (Å²) in [7, 11) is 0. The van der Waals surface area contributed by atoms with E-state index in [0.29, 0.717) is 25.1 Å². The highest BCUT2D eigenvalue weighted by atomic mass is 32.2. The van der Waals surface area contributed by atoms with Crippen LogP contribution in [0.5, 0.6) is 0 Å². The molecule has 0 aromatic heterocycles. The SMILES string of the molecule is CCCC1SCC(C(=O)O)N1C(=O)NCC1CCC(=O)N1. The summed E-state index contributed by atoms with van der Waals surface area (Å²) in [5.41, 5.74) is 0. The van der Waals surface area contributed by atoms with Crippen LogP contribution in [0.4, 0.5) is 4.79 Å². The number of carboxylic acids is 1. The number of rotatable bonds is 5. The minimum absolute atomic E-state index is 0.00162. The van der Waals surface area contributed by atoms with E-state index in [-0.39, 0.29) is 23.4 Å². The molecule has 2 aliphatic rings. The van der Waals surface area contributed by atoms with Crippen LogP contribution < -0.4 is 10.6 Å². The Morgan fingerprint density at radius 3 is 2.86 bits per heavy atom. The minimum Gasteiger partial charge on any atom is -0.480 e. The molecule has 3 unspecified atom stereocenters. The van der Waals surface area contributed by atoms with E-state index in [2.05, 4.69) is 10.6 Å². The van der Waals surface area contributed by atoms with Crippen molar-refractivity contribution in [1.29, 1.82) is 0 Å². The van der Waals surface area contributed by atoms with Gasteiger partial charge < -0.3 is 15.7 Å². The van der Waals surface area contributed by atoms with Gasteiger partial charge in [-0.3, -0.25) is 9.69 Å². The van der Waals surface area contributed by atoms with Crippen molar-refractivity contribution in [2.75, 3.05) is 12.3 Å². The maximum absolute atomic E-state index is 12.3. The molecule has 2 rings (SSSR count). The standard InChI is InChI=1S/C13H21N3O4S/c1-2-3-11-16(9(7-21-11)12(18)19)13(20)14-6-8-4-5-10(17)15-8/h8-9,11H,2-7H2,1H3,(H,14,20)(H,15,17)(H,18,19). The van der Waals surface area contributed by atoms with Crippen molar-refractivity contribution in [2.45, 2.75) is 50.1 Å². The number of carbonyl (C=O) groups excluding carboxylic acids is 2. The number of carboxylic acid groups (broad SMARTS) is 1. The molecule has 0 bridgehead atoms. The van der Waals surface area contributed by atoms with Gasteiger partial charge >= 0.3 is 12.0 Å². The van der Waals surface area contributed by atoms with Gasteiger partial charge in [-0.1, -0.05) is 13.3 Å². The summed E-state index contributed by atoms with van der Waals surface area (Å²) < 4.78 is 0. The lowest BCUT2D eigenvalue weighted by molar-refractivity contribution is -0.141. The zero-order valence-electron chi connectivity index (χ0n) is 12.0. The zero-order chi connectivity index (χ0) is 15.4. The predicted molar refractivity (Wildman–Crippen MR) is 79.0 cm³/mol. The molecule has 0 aromatic carbocycles. The average molecular weight is 315 g/mol. The minimum atomic E-state index is -0.967. The fraction of sp³-hybridized carbons (Fsp3) is 0.769. The summed E-state index contributed by atoms with van der Waals surface area (Å²) in [6.45, 7) is 2.36. The molecule has 21 heavy (non-hydrogen) atoms. The smallest absolute Gasteiger partial charge is 0.327 e. The van der Waals surface area contributed by atoms with Gasteiger partial charge in [0.1, 0.15) is 6.04 Å². The maximum atomic E-state index is 12.3. The van der Waals surface area contributed by atoms with Crippen LogP contribution in [0, 0.1) is 0 Å². The van der Waals surface area contributed by atoms with Crippen LogP contribution in [0.25, 0.3) is 0 Å². The monoisotopic (exact) mass is 315 g/mol. The first-order valence-corrected chi connectivity index (χ1v) is 8.27. The van der Waals surface area contributed by atoms with Crippen molar-refractivity contribution in [1.82, 2.24) is 15.5 Å². The fourth-order valence-corrected chi connectivity index (χ4v) is 4.14. The molecule has 2 aliphatic heterocycles. The van der Waals surface area contributed by atoms with Crippen molar-refractivity contribution in [3.05, 3.63) is 0 Å². The summed E-state index contributed by atoms with van der Waals surface area (Å²) in [4.78, 5) is 36.1. The Balaban J connectivity index is 1.93. The van der Waals surface area contributed by atoms with Crippen LogP contribution >= 0.6 is 11.8 Å². The van der Waals surface area contributed by atoms with Crippen molar-refractivity contribution >= 4 is 29.7 Å². The van der Waals surface area contributed by atoms with Crippen LogP contribution in [0.1, 0.15) is 32.6 Å². The van der Waals surface area contributed by atoms with Crippen molar-refractivity contribution in [2.24, 2.45) is 0 Å². The first kappa shape index (κ1) is 15.9. The number of amides is 3. The second-order valence-electron chi connectivity index (χ2n) is 5.33. The molecule has 3 atom stereocenters. The summed E-state index contributed by atoms with van der Waals surface area (Å²) in [5.74, 6) is -0.545. The topological polar surface area (TPSA) is 98.7 Å². The molecule has 0 saturated carbocycles. The lowest BCUT2D eigenvalue weighted by atomic mass is 10.2. The van der Waals surface area contributed by atoms with Gasteiger partial charge in [0.25, 0.3) is 0 Å². The lowest BCUT2D eigenvalue weighted by Crippen LogP contribution is -2.52. The van der Waals surface area contributed by atoms with Crippen molar-refractivity contribution in [3.63, 3.8) is 0 Å². The molecular weight excluding hydrogens is 294 g/mol. The highest BCUT2D eigenvalue weighted by molar-refractivity contribution is 8.00. The van der Waals surface area contributed by atoms with Gasteiger partial charge in [0.05, 0.1) is 5.37 Å². The van der Waals surface area contributed by atoms with E-state index >= 15 is 0 Å². The Morgan fingerprint density at radius 1 is 1.52 bits per heavy atom. The number of thioether (sulfide) groups is 1. The Bertz CT molecular complexity index is 432. The summed E-state index contributed by atoms with van der Waals surface area (Å²) in [5, 5.41) is 14.7. The van der Waals surface area contributed by atoms with E-state index in [1.54, 1.807) is 0 Å². The number of nitrogens with one attached hydrogen (secondary N) is 2. The highest BCUT2D eigenvalue weighted by Crippen LogP contribution is 2.32. The first-order chi connectivity index (χ1) is 10.0. The second kappa shape index (κ2) is 7.02. The number of carbonyl (C=O) groups is 3. The largest absolute Gasteiger partial charge is 0.480 e.